The fourth-order valence-electron chi connectivity index (χ4n) is 2.99. The molecule has 0 heterocycles. The van der Waals surface area contributed by atoms with E-state index in [0.717, 1.165) is 25.5 Å². The number of carbonyl (C=O) groups is 1. The van der Waals surface area contributed by atoms with E-state index in [9.17, 15) is 13.2 Å². The molecule has 3 aromatic rings. The lowest BCUT2D eigenvalue weighted by Gasteiger charge is -2.24. The molecule has 1 N–H and O–H groups in total. The summed E-state index contributed by atoms with van der Waals surface area (Å²) in [4.78, 5) is 12.9. The van der Waals surface area contributed by atoms with Crippen molar-refractivity contribution in [2.24, 2.45) is 0 Å². The van der Waals surface area contributed by atoms with E-state index in [-0.39, 0.29) is 11.4 Å². The van der Waals surface area contributed by atoms with E-state index in [1.165, 1.54) is 0 Å². The summed E-state index contributed by atoms with van der Waals surface area (Å²) in [5, 5.41) is 2.79. The van der Waals surface area contributed by atoms with Crippen LogP contribution >= 0.6 is 15.9 Å². The number of amides is 1. The molecule has 3 rings (SSSR count). The van der Waals surface area contributed by atoms with Crippen molar-refractivity contribution in [2.45, 2.75) is 25.7 Å². The molecule has 0 bridgehead atoms. The van der Waals surface area contributed by atoms with Gasteiger partial charge in [0.1, 0.15) is 6.54 Å². The second-order valence-corrected chi connectivity index (χ2v) is 9.89. The van der Waals surface area contributed by atoms with Crippen molar-refractivity contribution < 1.29 is 13.2 Å². The Bertz CT molecular complexity index is 1180. The van der Waals surface area contributed by atoms with Gasteiger partial charge in [-0.2, -0.15) is 0 Å². The molecule has 0 aliphatic rings. The summed E-state index contributed by atoms with van der Waals surface area (Å²) >= 11 is 3.43. The first-order valence-corrected chi connectivity index (χ1v) is 11.6. The number of sulfonamides is 1. The van der Waals surface area contributed by atoms with E-state index < -0.39 is 15.9 Å². The van der Waals surface area contributed by atoms with E-state index in [1.54, 1.807) is 48.5 Å². The number of nitrogens with one attached hydrogen (secondary N) is 1. The van der Waals surface area contributed by atoms with Gasteiger partial charge in [0.15, 0.2) is 0 Å². The maximum atomic E-state index is 13.4. The van der Waals surface area contributed by atoms with Crippen LogP contribution in [0, 0.1) is 20.8 Å². The Morgan fingerprint density at radius 2 is 1.63 bits per heavy atom. The van der Waals surface area contributed by atoms with E-state index >= 15 is 0 Å². The van der Waals surface area contributed by atoms with Crippen molar-refractivity contribution in [1.82, 2.24) is 0 Å². The van der Waals surface area contributed by atoms with E-state index in [1.807, 2.05) is 39.0 Å². The Morgan fingerprint density at radius 1 is 0.933 bits per heavy atom. The molecule has 7 heteroatoms. The molecule has 0 aromatic heterocycles. The molecule has 0 unspecified atom stereocenters. The Hall–Kier alpha value is -2.64. The predicted octanol–water partition coefficient (Wildman–Crippen LogP) is 5.21. The van der Waals surface area contributed by atoms with E-state index in [4.69, 9.17) is 0 Å². The van der Waals surface area contributed by atoms with Crippen molar-refractivity contribution in [3.63, 3.8) is 0 Å². The van der Waals surface area contributed by atoms with Crippen LogP contribution in [0.15, 0.2) is 76.1 Å². The number of nitrogens with zero attached hydrogens (tertiary/aromatic N) is 1. The van der Waals surface area contributed by atoms with Gasteiger partial charge in [-0.05, 0) is 74.4 Å². The number of carbonyl (C=O) groups excluding carboxylic acids is 1. The molecule has 5 nitrogen and oxygen atoms in total. The smallest absolute Gasteiger partial charge is 0.264 e. The van der Waals surface area contributed by atoms with Crippen LogP contribution in [0.1, 0.15) is 16.7 Å². The van der Waals surface area contributed by atoms with Crippen LogP contribution in [0.4, 0.5) is 11.4 Å². The zero-order chi connectivity index (χ0) is 21.9. The summed E-state index contributed by atoms with van der Waals surface area (Å²) in [5.41, 5.74) is 3.88. The average Bonchev–Trinajstić information content (AvgIpc) is 2.69. The number of rotatable bonds is 6. The SMILES string of the molecule is Cc1ccc(S(=O)(=O)N(CC(=O)Nc2ccc(Br)c(C)c2)c2cccc(C)c2)cc1. The highest BCUT2D eigenvalue weighted by atomic mass is 79.9. The molecule has 0 aliphatic carbocycles. The molecule has 30 heavy (non-hydrogen) atoms. The lowest BCUT2D eigenvalue weighted by Crippen LogP contribution is -2.38. The van der Waals surface area contributed by atoms with Gasteiger partial charge in [0.2, 0.25) is 5.91 Å². The van der Waals surface area contributed by atoms with Crippen LogP contribution in [-0.2, 0) is 14.8 Å². The number of anilines is 2. The topological polar surface area (TPSA) is 66.5 Å². The lowest BCUT2D eigenvalue weighted by atomic mass is 10.2. The third kappa shape index (κ3) is 5.09. The number of benzene rings is 3. The molecule has 1 amide bonds. The summed E-state index contributed by atoms with van der Waals surface area (Å²) in [6.45, 7) is 5.35. The molecular formula is C23H23BrN2O3S. The van der Waals surface area contributed by atoms with Gasteiger partial charge in [0.25, 0.3) is 10.0 Å². The van der Waals surface area contributed by atoms with Gasteiger partial charge >= 0.3 is 0 Å². The second-order valence-electron chi connectivity index (χ2n) is 7.18. The van der Waals surface area contributed by atoms with Crippen molar-refractivity contribution in [2.75, 3.05) is 16.2 Å². The van der Waals surface area contributed by atoms with Gasteiger partial charge in [-0.15, -0.1) is 0 Å². The molecule has 156 valence electrons. The van der Waals surface area contributed by atoms with Gasteiger partial charge in [0, 0.05) is 10.2 Å². The summed E-state index contributed by atoms with van der Waals surface area (Å²) in [6, 6.07) is 19.1. The fourth-order valence-corrected chi connectivity index (χ4v) is 4.65. The third-order valence-corrected chi connectivity index (χ3v) is 7.31. The van der Waals surface area contributed by atoms with Gasteiger partial charge in [-0.1, -0.05) is 45.8 Å². The van der Waals surface area contributed by atoms with E-state index in [0.29, 0.717) is 11.4 Å². The zero-order valence-corrected chi connectivity index (χ0v) is 19.4. The minimum Gasteiger partial charge on any atom is -0.325 e. The average molecular weight is 487 g/mol. The fraction of sp³-hybridized carbons (Fsp3) is 0.174. The second kappa shape index (κ2) is 9.02. The van der Waals surface area contributed by atoms with E-state index in [2.05, 4.69) is 21.2 Å². The maximum absolute atomic E-state index is 13.4. The van der Waals surface area contributed by atoms with Crippen molar-refractivity contribution in [3.8, 4) is 0 Å². The van der Waals surface area contributed by atoms with Gasteiger partial charge in [-0.3, -0.25) is 9.10 Å². The molecule has 0 saturated heterocycles. The summed E-state index contributed by atoms with van der Waals surface area (Å²) in [5.74, 6) is -0.422. The summed E-state index contributed by atoms with van der Waals surface area (Å²) in [7, 11) is -3.92. The molecule has 0 saturated carbocycles. The van der Waals surface area contributed by atoms with Gasteiger partial charge < -0.3 is 5.32 Å². The Kier molecular flexibility index (Phi) is 6.63. The van der Waals surface area contributed by atoms with Gasteiger partial charge in [-0.25, -0.2) is 8.42 Å². The zero-order valence-electron chi connectivity index (χ0n) is 17.0. The quantitative estimate of drug-likeness (QED) is 0.519. The Morgan fingerprint density at radius 3 is 2.27 bits per heavy atom. The lowest BCUT2D eigenvalue weighted by molar-refractivity contribution is -0.114. The van der Waals surface area contributed by atoms with Crippen LogP contribution in [0.3, 0.4) is 0 Å². The van der Waals surface area contributed by atoms with Crippen molar-refractivity contribution in [1.29, 1.82) is 0 Å². The van der Waals surface area contributed by atoms with Crippen LogP contribution in [0.2, 0.25) is 0 Å². The molecular weight excluding hydrogens is 464 g/mol. The largest absolute Gasteiger partial charge is 0.325 e. The van der Waals surface area contributed by atoms with Crippen LogP contribution in [0.25, 0.3) is 0 Å². The number of halogens is 1. The monoisotopic (exact) mass is 486 g/mol. The van der Waals surface area contributed by atoms with Crippen LogP contribution in [-0.4, -0.2) is 20.9 Å². The first-order chi connectivity index (χ1) is 14.2. The molecule has 0 spiro atoms. The first kappa shape index (κ1) is 22.1. The third-order valence-electron chi connectivity index (χ3n) is 4.63. The normalized spacial score (nSPS) is 11.2. The highest BCUT2D eigenvalue weighted by molar-refractivity contribution is 9.10. The number of hydrogen-bond acceptors (Lipinski definition) is 3. The molecule has 0 atom stereocenters. The maximum Gasteiger partial charge on any atom is 0.264 e. The van der Waals surface area contributed by atoms with Crippen molar-refractivity contribution >= 4 is 43.2 Å². The summed E-state index contributed by atoms with van der Waals surface area (Å²) < 4.78 is 28.8. The molecule has 0 radical (unpaired) electrons. The minimum absolute atomic E-state index is 0.141. The van der Waals surface area contributed by atoms with Crippen LogP contribution in [0.5, 0.6) is 0 Å². The predicted molar refractivity (Wildman–Crippen MR) is 124 cm³/mol. The molecule has 3 aromatic carbocycles. The number of aryl methyl sites for hydroxylation is 3. The van der Waals surface area contributed by atoms with Gasteiger partial charge in [0.05, 0.1) is 10.6 Å². The first-order valence-electron chi connectivity index (χ1n) is 9.39. The standard InChI is InChI=1S/C23H23BrN2O3S/c1-16-7-10-21(11-8-16)30(28,29)26(20-6-4-5-17(2)13-20)15-23(27)25-19-9-12-22(24)18(3)14-19/h4-14H,15H2,1-3H3,(H,25,27). The summed E-state index contributed by atoms with van der Waals surface area (Å²) in [6.07, 6.45) is 0. The number of hydrogen-bond donors (Lipinski definition) is 1. The van der Waals surface area contributed by atoms with Crippen molar-refractivity contribution in [3.05, 3.63) is 87.9 Å². The molecule has 0 aliphatic heterocycles. The molecule has 0 fully saturated rings. The minimum atomic E-state index is -3.92. The Labute approximate surface area is 185 Å². The highest BCUT2D eigenvalue weighted by Crippen LogP contribution is 2.25. The Balaban J connectivity index is 1.94. The van der Waals surface area contributed by atoms with Crippen LogP contribution < -0.4 is 9.62 Å². The highest BCUT2D eigenvalue weighted by Gasteiger charge is 2.27.